The predicted octanol–water partition coefficient (Wildman–Crippen LogP) is 9.79. The topological polar surface area (TPSA) is 30.7 Å². The summed E-state index contributed by atoms with van der Waals surface area (Å²) in [7, 11) is -1.83. The maximum absolute atomic E-state index is 5.30. The molecule has 3 nitrogen and oxygen atoms in total. The molecule has 2 aromatic heterocycles. The van der Waals surface area contributed by atoms with E-state index < -0.39 is 8.07 Å². The first kappa shape index (κ1) is 27.2. The minimum Gasteiger partial charge on any atom is -0.278 e. The van der Waals surface area contributed by atoms with Gasteiger partial charge >= 0.3 is 0 Å². The molecule has 0 aliphatic rings. The number of fused-ring (bicyclic) bond motifs is 3. The van der Waals surface area contributed by atoms with Crippen molar-refractivity contribution in [1.29, 1.82) is 0 Å². The minimum absolute atomic E-state index is 0.635. The van der Waals surface area contributed by atoms with E-state index >= 15 is 0 Å². The fourth-order valence-electron chi connectivity index (χ4n) is 7.53. The summed E-state index contributed by atoms with van der Waals surface area (Å²) >= 11 is 0. The smallest absolute Gasteiger partial charge is 0.235 e. The first-order chi connectivity index (χ1) is 19.8. The second-order valence-corrected chi connectivity index (χ2v) is 18.1. The van der Waals surface area contributed by atoms with Gasteiger partial charge in [-0.3, -0.25) is 4.57 Å². The Morgan fingerprint density at radius 2 is 1.00 bits per heavy atom. The molecular formula is C37H39N3Si. The second-order valence-electron chi connectivity index (χ2n) is 12.2. The van der Waals surface area contributed by atoms with Crippen LogP contribution in [0.15, 0.2) is 109 Å². The normalized spacial score (nSPS) is 12.3. The van der Waals surface area contributed by atoms with E-state index in [0.717, 1.165) is 33.5 Å². The van der Waals surface area contributed by atoms with Crippen molar-refractivity contribution in [1.82, 2.24) is 14.5 Å². The first-order valence-electron chi connectivity index (χ1n) is 14.9. The number of rotatable bonds is 7. The van der Waals surface area contributed by atoms with Crippen LogP contribution >= 0.6 is 0 Å². The molecular weight excluding hydrogens is 515 g/mol. The molecule has 0 spiro atoms. The molecule has 0 amide bonds. The van der Waals surface area contributed by atoms with Gasteiger partial charge < -0.3 is 0 Å². The standard InChI is InChI=1S/C37H39N3Si/c1-25(2)41(26(3)4,27(5)6)30-18-14-17-29(23-30)34-24-33(28-15-8-7-9-16-28)38-37(39-34)40-35-21-12-10-19-31(35)32-20-11-13-22-36(32)40/h7-27H,1-6H3. The van der Waals surface area contributed by atoms with Crippen molar-refractivity contribution in [2.45, 2.75) is 58.2 Å². The Balaban J connectivity index is 1.63. The molecule has 0 aliphatic heterocycles. The number of nitrogens with zero attached hydrogens (tertiary/aromatic N) is 3. The molecule has 6 rings (SSSR count). The lowest BCUT2D eigenvalue weighted by Gasteiger charge is -2.43. The fourth-order valence-corrected chi connectivity index (χ4v) is 14.3. The van der Waals surface area contributed by atoms with Gasteiger partial charge in [-0.25, -0.2) is 9.97 Å². The summed E-state index contributed by atoms with van der Waals surface area (Å²) in [5, 5.41) is 3.94. The van der Waals surface area contributed by atoms with Crippen molar-refractivity contribution in [2.75, 3.05) is 0 Å². The molecule has 0 saturated carbocycles. The number of benzene rings is 4. The molecule has 0 atom stereocenters. The zero-order valence-corrected chi connectivity index (χ0v) is 26.0. The molecule has 0 radical (unpaired) electrons. The van der Waals surface area contributed by atoms with Crippen LogP contribution in [0.4, 0.5) is 0 Å². The van der Waals surface area contributed by atoms with Gasteiger partial charge in [-0.1, -0.05) is 138 Å². The highest BCUT2D eigenvalue weighted by Crippen LogP contribution is 2.41. The van der Waals surface area contributed by atoms with E-state index in [0.29, 0.717) is 22.6 Å². The molecule has 0 fully saturated rings. The molecule has 206 valence electrons. The predicted molar refractivity (Wildman–Crippen MR) is 178 cm³/mol. The quantitative estimate of drug-likeness (QED) is 0.184. The van der Waals surface area contributed by atoms with Crippen LogP contribution in [0.2, 0.25) is 16.6 Å². The number of hydrogen-bond acceptors (Lipinski definition) is 2. The van der Waals surface area contributed by atoms with E-state index in [1.165, 1.54) is 16.0 Å². The van der Waals surface area contributed by atoms with E-state index in [1.807, 2.05) is 0 Å². The maximum Gasteiger partial charge on any atom is 0.235 e. The molecule has 0 aliphatic carbocycles. The first-order valence-corrected chi connectivity index (χ1v) is 17.1. The fraction of sp³-hybridized carbons (Fsp3) is 0.243. The molecule has 41 heavy (non-hydrogen) atoms. The molecule has 6 aromatic rings. The Morgan fingerprint density at radius 1 is 0.512 bits per heavy atom. The van der Waals surface area contributed by atoms with Gasteiger partial charge in [0.25, 0.3) is 0 Å². The Hall–Kier alpha value is -4.02. The van der Waals surface area contributed by atoms with Gasteiger partial charge in [0.15, 0.2) is 0 Å². The van der Waals surface area contributed by atoms with Crippen molar-refractivity contribution >= 4 is 35.1 Å². The van der Waals surface area contributed by atoms with Crippen LogP contribution in [-0.4, -0.2) is 22.6 Å². The van der Waals surface area contributed by atoms with Crippen LogP contribution < -0.4 is 5.19 Å². The van der Waals surface area contributed by atoms with Crippen molar-refractivity contribution in [3.63, 3.8) is 0 Å². The lowest BCUT2D eigenvalue weighted by molar-refractivity contribution is 0.835. The third-order valence-electron chi connectivity index (χ3n) is 9.09. The van der Waals surface area contributed by atoms with Gasteiger partial charge in [0.05, 0.1) is 30.5 Å². The molecule has 4 heteroatoms. The number of para-hydroxylation sites is 2. The third-order valence-corrected chi connectivity index (χ3v) is 16.1. The number of aromatic nitrogens is 3. The Bertz CT molecular complexity index is 1760. The van der Waals surface area contributed by atoms with Gasteiger partial charge in [-0.15, -0.1) is 0 Å². The van der Waals surface area contributed by atoms with Crippen molar-refractivity contribution in [3.8, 4) is 28.5 Å². The van der Waals surface area contributed by atoms with Crippen LogP contribution in [-0.2, 0) is 0 Å². The zero-order valence-electron chi connectivity index (χ0n) is 25.0. The molecule has 0 N–H and O–H groups in total. The summed E-state index contributed by atoms with van der Waals surface area (Å²) in [6, 6.07) is 39.0. The van der Waals surface area contributed by atoms with Crippen molar-refractivity contribution in [2.24, 2.45) is 0 Å². The monoisotopic (exact) mass is 553 g/mol. The van der Waals surface area contributed by atoms with Crippen LogP contribution in [0.5, 0.6) is 0 Å². The lowest BCUT2D eigenvalue weighted by atomic mass is 10.1. The van der Waals surface area contributed by atoms with Crippen molar-refractivity contribution in [3.05, 3.63) is 109 Å². The minimum atomic E-state index is -1.83. The largest absolute Gasteiger partial charge is 0.278 e. The van der Waals surface area contributed by atoms with Crippen LogP contribution in [0, 0.1) is 0 Å². The zero-order chi connectivity index (χ0) is 28.7. The highest BCUT2D eigenvalue weighted by atomic mass is 28.3. The average Bonchev–Trinajstić information content (AvgIpc) is 3.32. The summed E-state index contributed by atoms with van der Waals surface area (Å²) in [6.07, 6.45) is 0. The Kier molecular flexibility index (Phi) is 7.12. The summed E-state index contributed by atoms with van der Waals surface area (Å²) in [5.41, 5.74) is 8.26. The number of hydrogen-bond donors (Lipinski definition) is 0. The maximum atomic E-state index is 5.30. The summed E-state index contributed by atoms with van der Waals surface area (Å²) in [5.74, 6) is 0.698. The Morgan fingerprint density at radius 3 is 1.56 bits per heavy atom. The van der Waals surface area contributed by atoms with Gasteiger partial charge in [0, 0.05) is 21.9 Å². The highest BCUT2D eigenvalue weighted by molar-refractivity contribution is 6.95. The van der Waals surface area contributed by atoms with E-state index in [-0.39, 0.29) is 0 Å². The van der Waals surface area contributed by atoms with Gasteiger partial charge in [-0.2, -0.15) is 0 Å². The molecule has 0 bridgehead atoms. The molecule has 0 saturated heterocycles. The molecule has 2 heterocycles. The van der Waals surface area contributed by atoms with Gasteiger partial charge in [0.2, 0.25) is 5.95 Å². The summed E-state index contributed by atoms with van der Waals surface area (Å²) in [6.45, 7) is 14.6. The van der Waals surface area contributed by atoms with E-state index in [1.54, 1.807) is 0 Å². The van der Waals surface area contributed by atoms with E-state index in [2.05, 4.69) is 155 Å². The highest BCUT2D eigenvalue weighted by Gasteiger charge is 2.44. The van der Waals surface area contributed by atoms with Crippen LogP contribution in [0.3, 0.4) is 0 Å². The van der Waals surface area contributed by atoms with Crippen LogP contribution in [0.25, 0.3) is 50.3 Å². The van der Waals surface area contributed by atoms with Crippen LogP contribution in [0.1, 0.15) is 41.5 Å². The second kappa shape index (κ2) is 10.8. The van der Waals surface area contributed by atoms with Gasteiger partial charge in [-0.05, 0) is 34.8 Å². The van der Waals surface area contributed by atoms with Crippen molar-refractivity contribution < 1.29 is 0 Å². The Labute approximate surface area is 244 Å². The lowest BCUT2D eigenvalue weighted by Crippen LogP contribution is -2.55. The van der Waals surface area contributed by atoms with E-state index in [9.17, 15) is 0 Å². The molecule has 4 aromatic carbocycles. The third kappa shape index (κ3) is 4.51. The summed E-state index contributed by atoms with van der Waals surface area (Å²) in [4.78, 5) is 10.5. The van der Waals surface area contributed by atoms with E-state index in [4.69, 9.17) is 9.97 Å². The average molecular weight is 554 g/mol. The summed E-state index contributed by atoms with van der Waals surface area (Å²) < 4.78 is 2.22. The van der Waals surface area contributed by atoms with Gasteiger partial charge in [0.1, 0.15) is 0 Å². The molecule has 0 unspecified atom stereocenters. The SMILES string of the molecule is CC(C)[Si](c1cccc(-c2cc(-c3ccccc3)nc(-n3c4ccccc4c4ccccc43)n2)c1)(C(C)C)C(C)C.